The topological polar surface area (TPSA) is 44.8 Å². The molecular weight excluding hydrogens is 350 g/mol. The molecule has 2 aliphatic rings. The average Bonchev–Trinajstić information content (AvgIpc) is 3.56. The van der Waals surface area contributed by atoms with Crippen LogP contribution in [0.3, 0.4) is 0 Å². The van der Waals surface area contributed by atoms with Crippen LogP contribution in [0.2, 0.25) is 0 Å². The first-order valence-electron chi connectivity index (χ1n) is 10.3. The molecule has 1 saturated heterocycles. The molecule has 0 radical (unpaired) electrons. The number of amides is 1. The van der Waals surface area contributed by atoms with Crippen LogP contribution < -0.4 is 15.0 Å². The minimum Gasteiger partial charge on any atom is -0.494 e. The van der Waals surface area contributed by atoms with Crippen LogP contribution in [-0.4, -0.2) is 49.6 Å². The van der Waals surface area contributed by atoms with Crippen LogP contribution in [0.5, 0.6) is 5.75 Å². The summed E-state index contributed by atoms with van der Waals surface area (Å²) in [6.45, 7) is 7.09. The Morgan fingerprint density at radius 3 is 2.29 bits per heavy atom. The van der Waals surface area contributed by atoms with E-state index in [-0.39, 0.29) is 5.91 Å². The highest BCUT2D eigenvalue weighted by molar-refractivity contribution is 5.92. The molecule has 1 aliphatic carbocycles. The van der Waals surface area contributed by atoms with Crippen LogP contribution in [0.4, 0.5) is 11.4 Å². The van der Waals surface area contributed by atoms with Crippen LogP contribution in [0.15, 0.2) is 48.5 Å². The fraction of sp³-hybridized carbons (Fsp3) is 0.435. The summed E-state index contributed by atoms with van der Waals surface area (Å²) in [6.07, 6.45) is 3.12. The normalized spacial score (nSPS) is 17.4. The largest absolute Gasteiger partial charge is 0.494 e. The van der Waals surface area contributed by atoms with Gasteiger partial charge in [0.1, 0.15) is 5.75 Å². The highest BCUT2D eigenvalue weighted by atomic mass is 16.5. The standard InChI is InChI=1S/C23H29N3O2/c1-2-28-22-11-3-18(4-12-22)17-23(27)24-19-5-7-20(8-6-19)25-13-15-26(16-14-25)21-9-10-21/h3-8,11-12,21H,2,9-10,13-17H2,1H3,(H,24,27). The van der Waals surface area contributed by atoms with Gasteiger partial charge >= 0.3 is 0 Å². The number of anilines is 2. The van der Waals surface area contributed by atoms with Crippen molar-refractivity contribution in [1.29, 1.82) is 0 Å². The predicted molar refractivity (Wildman–Crippen MR) is 113 cm³/mol. The molecule has 5 nitrogen and oxygen atoms in total. The second-order valence-corrected chi connectivity index (χ2v) is 7.60. The Hall–Kier alpha value is -2.53. The summed E-state index contributed by atoms with van der Waals surface area (Å²) in [5.41, 5.74) is 3.06. The van der Waals surface area contributed by atoms with Gasteiger partial charge in [-0.15, -0.1) is 0 Å². The Morgan fingerprint density at radius 2 is 1.68 bits per heavy atom. The van der Waals surface area contributed by atoms with Gasteiger partial charge in [0.2, 0.25) is 5.91 Å². The van der Waals surface area contributed by atoms with E-state index in [9.17, 15) is 4.79 Å². The van der Waals surface area contributed by atoms with E-state index < -0.39 is 0 Å². The SMILES string of the molecule is CCOc1ccc(CC(=O)Nc2ccc(N3CCN(C4CC4)CC3)cc2)cc1. The minimum absolute atomic E-state index is 0.00467. The maximum atomic E-state index is 12.3. The Kier molecular flexibility index (Phi) is 5.81. The number of piperazine rings is 1. The third kappa shape index (κ3) is 4.84. The van der Waals surface area contributed by atoms with E-state index in [1.165, 1.54) is 18.5 Å². The fourth-order valence-corrected chi connectivity index (χ4v) is 3.80. The molecule has 0 spiro atoms. The second-order valence-electron chi connectivity index (χ2n) is 7.60. The molecule has 2 aromatic carbocycles. The highest BCUT2D eigenvalue weighted by Crippen LogP contribution is 2.28. The molecule has 1 saturated carbocycles. The quantitative estimate of drug-likeness (QED) is 0.799. The van der Waals surface area contributed by atoms with Gasteiger partial charge < -0.3 is 15.0 Å². The molecule has 1 aliphatic heterocycles. The van der Waals surface area contributed by atoms with E-state index in [1.807, 2.05) is 43.3 Å². The van der Waals surface area contributed by atoms with Gasteiger partial charge in [0.25, 0.3) is 0 Å². The third-order valence-corrected chi connectivity index (χ3v) is 5.49. The van der Waals surface area contributed by atoms with Crippen LogP contribution >= 0.6 is 0 Å². The molecule has 0 unspecified atom stereocenters. The maximum absolute atomic E-state index is 12.3. The van der Waals surface area contributed by atoms with Crippen molar-refractivity contribution in [3.8, 4) is 5.75 Å². The van der Waals surface area contributed by atoms with Gasteiger partial charge in [-0.2, -0.15) is 0 Å². The lowest BCUT2D eigenvalue weighted by Crippen LogP contribution is -2.47. The molecule has 148 valence electrons. The van der Waals surface area contributed by atoms with Gasteiger partial charge in [-0.3, -0.25) is 9.69 Å². The molecule has 4 rings (SSSR count). The predicted octanol–water partition coefficient (Wildman–Crippen LogP) is 3.55. The van der Waals surface area contributed by atoms with Gasteiger partial charge in [0, 0.05) is 43.6 Å². The molecule has 0 aromatic heterocycles. The number of benzene rings is 2. The lowest BCUT2D eigenvalue weighted by molar-refractivity contribution is -0.115. The number of rotatable bonds is 7. The van der Waals surface area contributed by atoms with Gasteiger partial charge in [-0.1, -0.05) is 12.1 Å². The molecule has 1 heterocycles. The van der Waals surface area contributed by atoms with Gasteiger partial charge in [0.05, 0.1) is 13.0 Å². The number of hydrogen-bond acceptors (Lipinski definition) is 4. The summed E-state index contributed by atoms with van der Waals surface area (Å²) in [6, 6.07) is 16.8. The number of hydrogen-bond donors (Lipinski definition) is 1. The lowest BCUT2D eigenvalue weighted by atomic mass is 10.1. The summed E-state index contributed by atoms with van der Waals surface area (Å²) in [5.74, 6) is 0.829. The average molecular weight is 380 g/mol. The highest BCUT2D eigenvalue weighted by Gasteiger charge is 2.31. The summed E-state index contributed by atoms with van der Waals surface area (Å²) < 4.78 is 5.44. The Balaban J connectivity index is 1.27. The second kappa shape index (κ2) is 8.65. The molecule has 0 bridgehead atoms. The first-order valence-corrected chi connectivity index (χ1v) is 10.3. The molecule has 1 N–H and O–H groups in total. The van der Waals surface area contributed by atoms with E-state index in [1.54, 1.807) is 0 Å². The number of carbonyl (C=O) groups is 1. The van der Waals surface area contributed by atoms with Crippen LogP contribution in [-0.2, 0) is 11.2 Å². The van der Waals surface area contributed by atoms with E-state index in [4.69, 9.17) is 4.74 Å². The van der Waals surface area contributed by atoms with Gasteiger partial charge in [0.15, 0.2) is 0 Å². The maximum Gasteiger partial charge on any atom is 0.228 e. The summed E-state index contributed by atoms with van der Waals surface area (Å²) in [7, 11) is 0. The van der Waals surface area contributed by atoms with E-state index in [0.29, 0.717) is 13.0 Å². The van der Waals surface area contributed by atoms with Crippen molar-refractivity contribution in [2.24, 2.45) is 0 Å². The van der Waals surface area contributed by atoms with Crippen molar-refractivity contribution in [3.63, 3.8) is 0 Å². The molecule has 0 atom stereocenters. The molecular formula is C23H29N3O2. The van der Waals surface area contributed by atoms with E-state index >= 15 is 0 Å². The number of carbonyl (C=O) groups excluding carboxylic acids is 1. The molecule has 1 amide bonds. The van der Waals surface area contributed by atoms with Crippen LogP contribution in [0.1, 0.15) is 25.3 Å². The zero-order valence-electron chi connectivity index (χ0n) is 16.6. The lowest BCUT2D eigenvalue weighted by Gasteiger charge is -2.36. The van der Waals surface area contributed by atoms with E-state index in [0.717, 1.165) is 49.2 Å². The molecule has 5 heteroatoms. The minimum atomic E-state index is -0.00467. The first-order chi connectivity index (χ1) is 13.7. The summed E-state index contributed by atoms with van der Waals surface area (Å²) in [4.78, 5) is 17.4. The van der Waals surface area contributed by atoms with Crippen molar-refractivity contribution in [2.45, 2.75) is 32.2 Å². The zero-order valence-corrected chi connectivity index (χ0v) is 16.6. The Morgan fingerprint density at radius 1 is 1.00 bits per heavy atom. The number of ether oxygens (including phenoxy) is 1. The van der Waals surface area contributed by atoms with Gasteiger partial charge in [-0.05, 0) is 61.7 Å². The molecule has 2 fully saturated rings. The van der Waals surface area contributed by atoms with Gasteiger partial charge in [-0.25, -0.2) is 0 Å². The van der Waals surface area contributed by atoms with Crippen molar-refractivity contribution in [1.82, 2.24) is 4.90 Å². The van der Waals surface area contributed by atoms with Crippen LogP contribution in [0, 0.1) is 0 Å². The van der Waals surface area contributed by atoms with Crippen molar-refractivity contribution in [2.75, 3.05) is 43.0 Å². The Bertz CT molecular complexity index is 776. The summed E-state index contributed by atoms with van der Waals surface area (Å²) in [5, 5.41) is 2.99. The van der Waals surface area contributed by atoms with Crippen molar-refractivity contribution in [3.05, 3.63) is 54.1 Å². The monoisotopic (exact) mass is 379 g/mol. The molecule has 28 heavy (non-hydrogen) atoms. The smallest absolute Gasteiger partial charge is 0.228 e. The first kappa shape index (κ1) is 18.8. The zero-order chi connectivity index (χ0) is 19.3. The number of nitrogens with one attached hydrogen (secondary N) is 1. The van der Waals surface area contributed by atoms with Crippen LogP contribution in [0.25, 0.3) is 0 Å². The Labute approximate surface area is 167 Å². The molecule has 2 aromatic rings. The van der Waals surface area contributed by atoms with E-state index in [2.05, 4.69) is 27.2 Å². The summed E-state index contributed by atoms with van der Waals surface area (Å²) >= 11 is 0. The van der Waals surface area contributed by atoms with Crippen molar-refractivity contribution >= 4 is 17.3 Å². The fourth-order valence-electron chi connectivity index (χ4n) is 3.80. The van der Waals surface area contributed by atoms with Crippen molar-refractivity contribution < 1.29 is 9.53 Å². The third-order valence-electron chi connectivity index (χ3n) is 5.49. The number of nitrogens with zero attached hydrogens (tertiary/aromatic N) is 2.